The number of hydrogen-bond acceptors (Lipinski definition) is 3. The second kappa shape index (κ2) is 8.18. The molecule has 1 aliphatic heterocycles. The van der Waals surface area contributed by atoms with Crippen LogP contribution in [-0.4, -0.2) is 32.1 Å². The van der Waals surface area contributed by atoms with Crippen molar-refractivity contribution in [3.8, 4) is 5.75 Å². The van der Waals surface area contributed by atoms with E-state index in [1.165, 1.54) is 24.8 Å². The molecule has 2 N–H and O–H groups in total. The zero-order chi connectivity index (χ0) is 17.3. The molecule has 2 saturated carbocycles. The summed E-state index contributed by atoms with van der Waals surface area (Å²) in [5.41, 5.74) is 1.01. The van der Waals surface area contributed by atoms with Crippen LogP contribution in [0.15, 0.2) is 24.3 Å². The number of piperidine rings is 1. The van der Waals surface area contributed by atoms with E-state index in [9.17, 15) is 4.79 Å². The average molecular weight is 379 g/mol. The molecule has 1 aromatic rings. The van der Waals surface area contributed by atoms with Crippen molar-refractivity contribution < 1.29 is 9.53 Å². The molecule has 2 aliphatic carbocycles. The summed E-state index contributed by atoms with van der Waals surface area (Å²) in [5, 5.41) is 6.81. The van der Waals surface area contributed by atoms with Crippen LogP contribution in [0.2, 0.25) is 0 Å². The molecule has 4 atom stereocenters. The molecule has 3 aliphatic rings. The highest BCUT2D eigenvalue weighted by atomic mass is 35.5. The second-order valence-electron chi connectivity index (χ2n) is 8.28. The molecule has 1 aromatic carbocycles. The number of carbonyl (C=O) groups is 1. The van der Waals surface area contributed by atoms with Crippen LogP contribution < -0.4 is 15.4 Å². The molecule has 144 valence electrons. The lowest BCUT2D eigenvalue weighted by atomic mass is 9.68. The first kappa shape index (κ1) is 19.5. The van der Waals surface area contributed by atoms with Gasteiger partial charge in [-0.15, -0.1) is 12.4 Å². The first-order valence-electron chi connectivity index (χ1n) is 9.84. The van der Waals surface area contributed by atoms with Gasteiger partial charge >= 0.3 is 0 Å². The van der Waals surface area contributed by atoms with Crippen molar-refractivity contribution in [2.24, 2.45) is 17.3 Å². The topological polar surface area (TPSA) is 50.4 Å². The number of methoxy groups -OCH3 is 1. The zero-order valence-corrected chi connectivity index (χ0v) is 16.4. The Kier molecular flexibility index (Phi) is 6.13. The number of nitrogens with one attached hydrogen (secondary N) is 2. The fourth-order valence-corrected chi connectivity index (χ4v) is 5.47. The minimum absolute atomic E-state index is 0. The molecule has 3 fully saturated rings. The number of fused-ring (bicyclic) bond motifs is 2. The SMILES string of the molecule is COc1cccc(CC2(C(=O)N[C@H]3CCCNC3)CC3CCC2C3)c1.Cl. The Bertz CT molecular complexity index is 632. The Balaban J connectivity index is 0.00000196. The van der Waals surface area contributed by atoms with Gasteiger partial charge in [0.05, 0.1) is 12.5 Å². The Morgan fingerprint density at radius 2 is 2.23 bits per heavy atom. The second-order valence-corrected chi connectivity index (χ2v) is 8.28. The molecule has 4 rings (SSSR count). The van der Waals surface area contributed by atoms with Gasteiger partial charge in [-0.3, -0.25) is 4.79 Å². The summed E-state index contributed by atoms with van der Waals surface area (Å²) in [6, 6.07) is 8.56. The monoisotopic (exact) mass is 378 g/mol. The Hall–Kier alpha value is -1.26. The molecule has 3 unspecified atom stereocenters. The number of rotatable bonds is 5. The Morgan fingerprint density at radius 1 is 1.35 bits per heavy atom. The fourth-order valence-electron chi connectivity index (χ4n) is 5.47. The standard InChI is InChI=1S/C21H30N2O2.ClH/c1-25-19-6-2-4-15(11-19)12-21(13-16-7-8-17(21)10-16)20(24)23-18-5-3-9-22-14-18;/h2,4,6,11,16-18,22H,3,5,7-10,12-14H2,1H3,(H,23,24);1H/t16?,17?,18-,21?;/m0./s1. The van der Waals surface area contributed by atoms with Crippen molar-refractivity contribution in [2.75, 3.05) is 20.2 Å². The van der Waals surface area contributed by atoms with Crippen molar-refractivity contribution in [3.63, 3.8) is 0 Å². The molecule has 0 aromatic heterocycles. The predicted molar refractivity (Wildman–Crippen MR) is 106 cm³/mol. The molecule has 2 bridgehead atoms. The number of carbonyl (C=O) groups excluding carboxylic acids is 1. The van der Waals surface area contributed by atoms with Crippen molar-refractivity contribution >= 4 is 18.3 Å². The van der Waals surface area contributed by atoms with E-state index in [4.69, 9.17) is 4.74 Å². The van der Waals surface area contributed by atoms with Crippen LogP contribution in [0.1, 0.15) is 44.1 Å². The summed E-state index contributed by atoms with van der Waals surface area (Å²) in [6.07, 6.45) is 7.91. The van der Waals surface area contributed by atoms with Crippen molar-refractivity contribution in [3.05, 3.63) is 29.8 Å². The summed E-state index contributed by atoms with van der Waals surface area (Å²) in [7, 11) is 1.70. The van der Waals surface area contributed by atoms with Gasteiger partial charge in [-0.05, 0) is 74.6 Å². The van der Waals surface area contributed by atoms with E-state index in [2.05, 4.69) is 22.8 Å². The van der Waals surface area contributed by atoms with Crippen molar-refractivity contribution in [1.82, 2.24) is 10.6 Å². The van der Waals surface area contributed by atoms with Gasteiger partial charge in [0.1, 0.15) is 5.75 Å². The van der Waals surface area contributed by atoms with Gasteiger partial charge in [0.15, 0.2) is 0 Å². The van der Waals surface area contributed by atoms with Crippen LogP contribution in [0, 0.1) is 17.3 Å². The lowest BCUT2D eigenvalue weighted by molar-refractivity contribution is -0.135. The summed E-state index contributed by atoms with van der Waals surface area (Å²) >= 11 is 0. The fraction of sp³-hybridized carbons (Fsp3) is 0.667. The molecular weight excluding hydrogens is 348 g/mol. The van der Waals surface area contributed by atoms with Crippen LogP contribution in [-0.2, 0) is 11.2 Å². The molecule has 5 heteroatoms. The summed E-state index contributed by atoms with van der Waals surface area (Å²) in [6.45, 7) is 1.99. The number of benzene rings is 1. The molecule has 4 nitrogen and oxygen atoms in total. The van der Waals surface area contributed by atoms with Gasteiger partial charge in [-0.25, -0.2) is 0 Å². The van der Waals surface area contributed by atoms with E-state index < -0.39 is 0 Å². The van der Waals surface area contributed by atoms with E-state index in [1.54, 1.807) is 7.11 Å². The quantitative estimate of drug-likeness (QED) is 0.826. The highest BCUT2D eigenvalue weighted by molar-refractivity contribution is 5.85. The lowest BCUT2D eigenvalue weighted by Gasteiger charge is -2.38. The highest BCUT2D eigenvalue weighted by Crippen LogP contribution is 2.57. The zero-order valence-electron chi connectivity index (χ0n) is 15.6. The van der Waals surface area contributed by atoms with E-state index >= 15 is 0 Å². The first-order chi connectivity index (χ1) is 12.2. The summed E-state index contributed by atoms with van der Waals surface area (Å²) in [4.78, 5) is 13.4. The third-order valence-electron chi connectivity index (χ3n) is 6.71. The molecule has 0 radical (unpaired) electrons. The maximum atomic E-state index is 13.4. The van der Waals surface area contributed by atoms with E-state index in [-0.39, 0.29) is 17.8 Å². The number of halogens is 1. The van der Waals surface area contributed by atoms with Crippen LogP contribution in [0.5, 0.6) is 5.75 Å². The molecular formula is C21H31ClN2O2. The number of ether oxygens (including phenoxy) is 1. The summed E-state index contributed by atoms with van der Waals surface area (Å²) in [5.74, 6) is 2.47. The number of hydrogen-bond donors (Lipinski definition) is 2. The largest absolute Gasteiger partial charge is 0.497 e. The Morgan fingerprint density at radius 3 is 2.88 bits per heavy atom. The van der Waals surface area contributed by atoms with E-state index in [0.717, 1.165) is 50.4 Å². The van der Waals surface area contributed by atoms with Crippen molar-refractivity contribution in [1.29, 1.82) is 0 Å². The van der Waals surface area contributed by atoms with Gasteiger partial charge < -0.3 is 15.4 Å². The first-order valence-corrected chi connectivity index (χ1v) is 9.84. The van der Waals surface area contributed by atoms with Crippen LogP contribution in [0.25, 0.3) is 0 Å². The van der Waals surface area contributed by atoms with Gasteiger partial charge in [-0.2, -0.15) is 0 Å². The Labute approximate surface area is 162 Å². The molecule has 0 spiro atoms. The lowest BCUT2D eigenvalue weighted by Crippen LogP contribution is -2.53. The minimum atomic E-state index is -0.216. The maximum absolute atomic E-state index is 13.4. The predicted octanol–water partition coefficient (Wildman–Crippen LogP) is 3.33. The average Bonchev–Trinajstić information content (AvgIpc) is 3.24. The van der Waals surface area contributed by atoms with E-state index in [0.29, 0.717) is 17.9 Å². The van der Waals surface area contributed by atoms with Gasteiger partial charge in [0.25, 0.3) is 0 Å². The maximum Gasteiger partial charge on any atom is 0.227 e. The van der Waals surface area contributed by atoms with Crippen LogP contribution in [0.3, 0.4) is 0 Å². The van der Waals surface area contributed by atoms with Crippen LogP contribution in [0.4, 0.5) is 0 Å². The smallest absolute Gasteiger partial charge is 0.227 e. The third kappa shape index (κ3) is 3.72. The normalized spacial score (nSPS) is 32.7. The minimum Gasteiger partial charge on any atom is -0.497 e. The summed E-state index contributed by atoms with van der Waals surface area (Å²) < 4.78 is 5.39. The van der Waals surface area contributed by atoms with Gasteiger partial charge in [-0.1, -0.05) is 18.6 Å². The van der Waals surface area contributed by atoms with E-state index in [1.807, 2.05) is 12.1 Å². The molecule has 1 amide bonds. The molecule has 1 saturated heterocycles. The van der Waals surface area contributed by atoms with Gasteiger partial charge in [0.2, 0.25) is 5.91 Å². The molecule has 1 heterocycles. The third-order valence-corrected chi connectivity index (χ3v) is 6.71. The van der Waals surface area contributed by atoms with Crippen LogP contribution >= 0.6 is 12.4 Å². The van der Waals surface area contributed by atoms with Crippen molar-refractivity contribution in [2.45, 2.75) is 51.0 Å². The molecule has 26 heavy (non-hydrogen) atoms. The number of amides is 1. The van der Waals surface area contributed by atoms with Gasteiger partial charge in [0, 0.05) is 12.6 Å². The highest BCUT2D eigenvalue weighted by Gasteiger charge is 2.55.